The number of anilines is 1. The molecule has 2 heterocycles. The molecule has 2 N–H and O–H groups in total. The third kappa shape index (κ3) is 6.24. The number of nitrogens with one attached hydrogen (secondary N) is 2. The standard InChI is InChI=1S/C25H32N4O4/c1-18-3-5-23(32-2)21(13-18)27-24(30)15-26-25(31)17-29-10-8-28(9-11-29)16-19-4-6-22-20(14-19)7-12-33-22/h3-6,13-14H,7-12,15-17H2,1-2H3,(H,26,31)(H,27,30). The molecule has 0 unspecified atom stereocenters. The van der Waals surface area contributed by atoms with E-state index in [0.717, 1.165) is 57.1 Å². The molecule has 0 aromatic heterocycles. The summed E-state index contributed by atoms with van der Waals surface area (Å²) in [4.78, 5) is 29.1. The predicted octanol–water partition coefficient (Wildman–Crippen LogP) is 1.81. The molecular formula is C25H32N4O4. The molecule has 2 aliphatic rings. The minimum Gasteiger partial charge on any atom is -0.495 e. The van der Waals surface area contributed by atoms with Gasteiger partial charge in [-0.25, -0.2) is 0 Å². The number of aryl methyl sites for hydroxylation is 1. The Morgan fingerprint density at radius 1 is 1.03 bits per heavy atom. The summed E-state index contributed by atoms with van der Waals surface area (Å²) in [5.74, 6) is 1.18. The van der Waals surface area contributed by atoms with Gasteiger partial charge >= 0.3 is 0 Å². The Labute approximate surface area is 194 Å². The van der Waals surface area contributed by atoms with Gasteiger partial charge in [-0.3, -0.25) is 19.4 Å². The first kappa shape index (κ1) is 23.1. The minimum atomic E-state index is -0.281. The second-order valence-corrected chi connectivity index (χ2v) is 8.62. The number of ether oxygens (including phenoxy) is 2. The van der Waals surface area contributed by atoms with Crippen LogP contribution in [-0.4, -0.2) is 74.6 Å². The molecule has 1 fully saturated rings. The Kier molecular flexibility index (Phi) is 7.47. The predicted molar refractivity (Wildman–Crippen MR) is 127 cm³/mol. The van der Waals surface area contributed by atoms with E-state index < -0.39 is 0 Å². The van der Waals surface area contributed by atoms with Crippen LogP contribution in [0.1, 0.15) is 16.7 Å². The van der Waals surface area contributed by atoms with Gasteiger partial charge in [0.05, 0.1) is 32.5 Å². The lowest BCUT2D eigenvalue weighted by molar-refractivity contribution is -0.125. The van der Waals surface area contributed by atoms with E-state index >= 15 is 0 Å². The lowest BCUT2D eigenvalue weighted by Crippen LogP contribution is -2.49. The van der Waals surface area contributed by atoms with Crippen molar-refractivity contribution in [2.24, 2.45) is 0 Å². The summed E-state index contributed by atoms with van der Waals surface area (Å²) in [5.41, 5.74) is 4.22. The average molecular weight is 453 g/mol. The molecule has 2 aromatic carbocycles. The smallest absolute Gasteiger partial charge is 0.243 e. The molecule has 8 heteroatoms. The van der Waals surface area contributed by atoms with Crippen LogP contribution in [0.5, 0.6) is 11.5 Å². The Bertz CT molecular complexity index is 1000. The Balaban J connectivity index is 1.16. The van der Waals surface area contributed by atoms with E-state index in [9.17, 15) is 9.59 Å². The van der Waals surface area contributed by atoms with Crippen LogP contribution in [0.25, 0.3) is 0 Å². The van der Waals surface area contributed by atoms with Crippen molar-refractivity contribution < 1.29 is 19.1 Å². The van der Waals surface area contributed by atoms with Gasteiger partial charge in [-0.2, -0.15) is 0 Å². The van der Waals surface area contributed by atoms with Gasteiger partial charge in [-0.15, -0.1) is 0 Å². The van der Waals surface area contributed by atoms with Crippen molar-refractivity contribution in [2.75, 3.05) is 58.3 Å². The highest BCUT2D eigenvalue weighted by molar-refractivity contribution is 5.96. The second-order valence-electron chi connectivity index (χ2n) is 8.62. The molecule has 1 saturated heterocycles. The molecule has 0 spiro atoms. The van der Waals surface area contributed by atoms with Crippen LogP contribution >= 0.6 is 0 Å². The van der Waals surface area contributed by atoms with E-state index in [2.05, 4.69) is 38.6 Å². The summed E-state index contributed by atoms with van der Waals surface area (Å²) < 4.78 is 10.9. The van der Waals surface area contributed by atoms with Crippen molar-refractivity contribution in [3.63, 3.8) is 0 Å². The molecule has 0 radical (unpaired) electrons. The number of methoxy groups -OCH3 is 1. The molecule has 2 aliphatic heterocycles. The van der Waals surface area contributed by atoms with Crippen molar-refractivity contribution in [3.05, 3.63) is 53.1 Å². The van der Waals surface area contributed by atoms with Gasteiger partial charge < -0.3 is 20.1 Å². The van der Waals surface area contributed by atoms with Gasteiger partial charge in [0.2, 0.25) is 11.8 Å². The third-order valence-electron chi connectivity index (χ3n) is 6.07. The molecule has 0 aliphatic carbocycles. The van der Waals surface area contributed by atoms with Crippen molar-refractivity contribution in [1.29, 1.82) is 0 Å². The van der Waals surface area contributed by atoms with E-state index in [1.54, 1.807) is 7.11 Å². The molecule has 0 bridgehead atoms. The summed E-state index contributed by atoms with van der Waals surface area (Å²) >= 11 is 0. The van der Waals surface area contributed by atoms with E-state index in [-0.39, 0.29) is 18.4 Å². The van der Waals surface area contributed by atoms with Gasteiger partial charge in [-0.1, -0.05) is 18.2 Å². The summed E-state index contributed by atoms with van der Waals surface area (Å²) in [6.45, 7) is 7.34. The average Bonchev–Trinajstić information content (AvgIpc) is 3.27. The normalized spacial score (nSPS) is 16.1. The van der Waals surface area contributed by atoms with Gasteiger partial charge in [0.1, 0.15) is 11.5 Å². The van der Waals surface area contributed by atoms with Gasteiger partial charge in [0.25, 0.3) is 0 Å². The zero-order valence-electron chi connectivity index (χ0n) is 19.4. The maximum Gasteiger partial charge on any atom is 0.243 e. The van der Waals surface area contributed by atoms with E-state index in [0.29, 0.717) is 18.0 Å². The van der Waals surface area contributed by atoms with Crippen molar-refractivity contribution in [3.8, 4) is 11.5 Å². The molecule has 4 rings (SSSR count). The highest BCUT2D eigenvalue weighted by atomic mass is 16.5. The number of fused-ring (bicyclic) bond motifs is 1. The maximum atomic E-state index is 12.3. The fraction of sp³-hybridized carbons (Fsp3) is 0.440. The van der Waals surface area contributed by atoms with Crippen LogP contribution in [0.4, 0.5) is 5.69 Å². The van der Waals surface area contributed by atoms with Gasteiger partial charge in [0.15, 0.2) is 0 Å². The van der Waals surface area contributed by atoms with Crippen LogP contribution in [-0.2, 0) is 22.6 Å². The minimum absolute atomic E-state index is 0.0715. The summed E-state index contributed by atoms with van der Waals surface area (Å²) in [6.07, 6.45) is 0.989. The number of piperazine rings is 1. The molecular weight excluding hydrogens is 420 g/mol. The Hall–Kier alpha value is -3.10. The lowest BCUT2D eigenvalue weighted by Gasteiger charge is -2.34. The highest BCUT2D eigenvalue weighted by Gasteiger charge is 2.20. The lowest BCUT2D eigenvalue weighted by atomic mass is 10.1. The van der Waals surface area contributed by atoms with Crippen LogP contribution in [0.2, 0.25) is 0 Å². The monoisotopic (exact) mass is 452 g/mol. The molecule has 2 amide bonds. The fourth-order valence-electron chi connectivity index (χ4n) is 4.25. The molecule has 0 saturated carbocycles. The van der Waals surface area contributed by atoms with Crippen LogP contribution in [0, 0.1) is 6.92 Å². The first-order valence-electron chi connectivity index (χ1n) is 11.4. The van der Waals surface area contributed by atoms with Crippen molar-refractivity contribution in [2.45, 2.75) is 19.9 Å². The summed E-state index contributed by atoms with van der Waals surface area (Å²) in [7, 11) is 1.56. The van der Waals surface area contributed by atoms with Gasteiger partial charge in [0, 0.05) is 39.1 Å². The summed E-state index contributed by atoms with van der Waals surface area (Å²) in [5, 5.41) is 5.52. The van der Waals surface area contributed by atoms with E-state index in [1.807, 2.05) is 25.1 Å². The number of amides is 2. The topological polar surface area (TPSA) is 83.1 Å². The van der Waals surface area contributed by atoms with E-state index in [4.69, 9.17) is 9.47 Å². The molecule has 0 atom stereocenters. The molecule has 33 heavy (non-hydrogen) atoms. The van der Waals surface area contributed by atoms with Gasteiger partial charge in [-0.05, 0) is 41.8 Å². The molecule has 2 aromatic rings. The number of rotatable bonds is 8. The zero-order chi connectivity index (χ0) is 23.2. The van der Waals surface area contributed by atoms with Crippen LogP contribution in [0.3, 0.4) is 0 Å². The fourth-order valence-corrected chi connectivity index (χ4v) is 4.25. The van der Waals surface area contributed by atoms with Crippen molar-refractivity contribution >= 4 is 17.5 Å². The van der Waals surface area contributed by atoms with Crippen LogP contribution < -0.4 is 20.1 Å². The summed E-state index contributed by atoms with van der Waals surface area (Å²) in [6, 6.07) is 12.0. The number of nitrogens with zero attached hydrogens (tertiary/aromatic N) is 2. The zero-order valence-corrected chi connectivity index (χ0v) is 19.4. The van der Waals surface area contributed by atoms with Crippen molar-refractivity contribution in [1.82, 2.24) is 15.1 Å². The maximum absolute atomic E-state index is 12.3. The first-order chi connectivity index (χ1) is 16.0. The van der Waals surface area contributed by atoms with Crippen LogP contribution in [0.15, 0.2) is 36.4 Å². The Morgan fingerprint density at radius 2 is 1.82 bits per heavy atom. The number of carbonyl (C=O) groups excluding carboxylic acids is 2. The highest BCUT2D eigenvalue weighted by Crippen LogP contribution is 2.27. The second kappa shape index (κ2) is 10.7. The largest absolute Gasteiger partial charge is 0.495 e. The molecule has 176 valence electrons. The number of carbonyl (C=O) groups is 2. The third-order valence-corrected chi connectivity index (χ3v) is 6.07. The number of benzene rings is 2. The van der Waals surface area contributed by atoms with E-state index in [1.165, 1.54) is 11.1 Å². The quantitative estimate of drug-likeness (QED) is 0.636. The number of hydrogen-bond acceptors (Lipinski definition) is 6. The first-order valence-corrected chi connectivity index (χ1v) is 11.4. The Morgan fingerprint density at radius 3 is 2.61 bits per heavy atom. The SMILES string of the molecule is COc1ccc(C)cc1NC(=O)CNC(=O)CN1CCN(Cc2ccc3c(c2)CCO3)CC1. The number of hydrogen-bond donors (Lipinski definition) is 2. The molecule has 8 nitrogen and oxygen atoms in total.